The van der Waals surface area contributed by atoms with Crippen molar-refractivity contribution in [3.8, 4) is 0 Å². The van der Waals surface area contributed by atoms with Crippen molar-refractivity contribution in [1.29, 1.82) is 0 Å². The second kappa shape index (κ2) is 64.8. The number of ether oxygens (including phenoxy) is 2. The van der Waals surface area contributed by atoms with Gasteiger partial charge in [0.2, 0.25) is 0 Å². The number of hydrogen-bond donors (Lipinski definition) is 0. The topological polar surface area (TPSA) is 133 Å². The third-order valence-corrected chi connectivity index (χ3v) is 14.6. The zero-order valence-corrected chi connectivity index (χ0v) is 52.3. The van der Waals surface area contributed by atoms with Crippen molar-refractivity contribution in [3.05, 3.63) is 0 Å². The Hall–Kier alpha value is -1.50. The van der Waals surface area contributed by atoms with Gasteiger partial charge < -0.3 is 29.3 Å². The van der Waals surface area contributed by atoms with Gasteiger partial charge in [0.15, 0.2) is 0 Å². The summed E-state index contributed by atoms with van der Waals surface area (Å²) in [5.74, 6) is -1.91. The summed E-state index contributed by atoms with van der Waals surface area (Å²) in [6.45, 7) is 9.03. The predicted molar refractivity (Wildman–Crippen MR) is 302 cm³/mol. The summed E-state index contributed by atoms with van der Waals surface area (Å²) in [6.07, 6.45) is 61.4. The van der Waals surface area contributed by atoms with Gasteiger partial charge in [-0.1, -0.05) is 272 Å². The Bertz CT molecular complexity index is 1050. The fourth-order valence-corrected chi connectivity index (χ4v) is 9.88. The van der Waals surface area contributed by atoms with Crippen LogP contribution in [0.4, 0.5) is 0 Å². The molecule has 0 aliphatic carbocycles. The summed E-state index contributed by atoms with van der Waals surface area (Å²) in [7, 11) is 0. The van der Waals surface area contributed by atoms with Gasteiger partial charge in [0, 0.05) is 24.8 Å². The molecule has 0 N–H and O–H groups in total. The van der Waals surface area contributed by atoms with E-state index >= 15 is 0 Å². The monoisotopic (exact) mass is 1080 g/mol. The summed E-state index contributed by atoms with van der Waals surface area (Å²) in [4.78, 5) is 46.0. The van der Waals surface area contributed by atoms with Crippen LogP contribution in [0, 0.1) is 0 Å². The number of carbonyl (C=O) groups excluding carboxylic acids is 4. The van der Waals surface area contributed by atoms with Gasteiger partial charge in [-0.05, 0) is 89.9 Å². The van der Waals surface area contributed by atoms with Gasteiger partial charge in [-0.25, -0.2) is 0 Å². The molecule has 0 aromatic heterocycles. The second-order valence-corrected chi connectivity index (χ2v) is 22.0. The van der Waals surface area contributed by atoms with Crippen LogP contribution in [0.2, 0.25) is 0 Å². The van der Waals surface area contributed by atoms with Crippen molar-refractivity contribution >= 4 is 23.9 Å². The van der Waals surface area contributed by atoms with Gasteiger partial charge in [-0.15, -0.1) is 0 Å². The first-order valence-electron chi connectivity index (χ1n) is 32.0. The molecular weight excluding hydrogens is 962 g/mol. The molecule has 0 saturated heterocycles. The quantitative estimate of drug-likeness (QED) is 0.0334. The molecule has 2 atom stereocenters. The molecule has 0 bridgehead atoms. The zero-order valence-electron chi connectivity index (χ0n) is 49.3. The molecule has 8 nitrogen and oxygen atoms in total. The Balaban J connectivity index is -0.00000132. The number of unbranched alkanes of at least 4 members (excludes halogenated alkanes) is 40. The van der Waals surface area contributed by atoms with Crippen molar-refractivity contribution < 1.29 is 58.3 Å². The summed E-state index contributed by atoms with van der Waals surface area (Å²) in [5, 5.41) is 21.0. The number of aliphatic carboxylic acids is 2. The molecule has 0 rings (SSSR count). The standard InChI is InChI=1S/2C32H62O4.Zn/c2*1-3-5-7-9-11-12-13-14-16-21-25-29-32(35)36-30(26-22-18-15-10-8-6-4-2)27-23-19-17-20-24-28-31(33)34;/h2*30H,3-29H2,1-2H3,(H,33,34);/q;;+2/p-2. The molecule has 2 unspecified atom stereocenters. The van der Waals surface area contributed by atoms with Crippen LogP contribution in [0.25, 0.3) is 0 Å². The van der Waals surface area contributed by atoms with Crippen LogP contribution in [0.3, 0.4) is 0 Å². The van der Waals surface area contributed by atoms with Gasteiger partial charge in [0.05, 0.1) is 0 Å². The van der Waals surface area contributed by atoms with Crippen molar-refractivity contribution in [1.82, 2.24) is 0 Å². The Morgan fingerprint density at radius 3 is 0.616 bits per heavy atom. The van der Waals surface area contributed by atoms with E-state index in [0.29, 0.717) is 25.7 Å². The Labute approximate surface area is 466 Å². The number of rotatable bonds is 58. The molecule has 0 aromatic rings. The predicted octanol–water partition coefficient (Wildman–Crippen LogP) is 18.4. The maximum Gasteiger partial charge on any atom is 2.00 e. The molecule has 428 valence electrons. The normalized spacial score (nSPS) is 11.9. The smallest absolute Gasteiger partial charge is 0.550 e. The van der Waals surface area contributed by atoms with Crippen molar-refractivity contribution in [2.75, 3.05) is 0 Å². The van der Waals surface area contributed by atoms with E-state index in [4.69, 9.17) is 9.47 Å². The van der Waals surface area contributed by atoms with Gasteiger partial charge in [-0.2, -0.15) is 0 Å². The Kier molecular flexibility index (Phi) is 67.2. The minimum absolute atomic E-state index is 0. The minimum Gasteiger partial charge on any atom is -0.550 e. The van der Waals surface area contributed by atoms with E-state index in [-0.39, 0.29) is 56.5 Å². The Morgan fingerprint density at radius 2 is 0.425 bits per heavy atom. The average Bonchev–Trinajstić information content (AvgIpc) is 3.35. The minimum atomic E-state index is -0.950. The molecule has 0 radical (unpaired) electrons. The zero-order chi connectivity index (χ0) is 53.1. The number of hydrogen-bond acceptors (Lipinski definition) is 8. The van der Waals surface area contributed by atoms with E-state index in [1.54, 1.807) is 0 Å². The SMILES string of the molecule is CCCCCCCCCCCCCC(=O)OC(CCCCCCCCC)CCCCCCCC(=O)[O-].CCCCCCCCCCCCCC(=O)OC(CCCCCCCCC)CCCCCCCC(=O)[O-].[Zn+2]. The van der Waals surface area contributed by atoms with E-state index in [0.717, 1.165) is 116 Å². The van der Waals surface area contributed by atoms with E-state index in [1.165, 1.54) is 193 Å². The summed E-state index contributed by atoms with van der Waals surface area (Å²) in [5.41, 5.74) is 0. The molecule has 0 aliphatic heterocycles. The molecule has 0 amide bonds. The molecule has 73 heavy (non-hydrogen) atoms. The van der Waals surface area contributed by atoms with Gasteiger partial charge in [0.1, 0.15) is 12.2 Å². The summed E-state index contributed by atoms with van der Waals surface area (Å²) >= 11 is 0. The first-order chi connectivity index (χ1) is 35.2. The van der Waals surface area contributed by atoms with Crippen LogP contribution in [-0.4, -0.2) is 36.1 Å². The molecule has 9 heteroatoms. The number of carboxylic acids is 2. The van der Waals surface area contributed by atoms with E-state index < -0.39 is 11.9 Å². The van der Waals surface area contributed by atoms with E-state index in [9.17, 15) is 29.4 Å². The van der Waals surface area contributed by atoms with Crippen LogP contribution >= 0.6 is 0 Å². The first kappa shape index (κ1) is 75.7. The molecule has 0 aromatic carbocycles. The van der Waals surface area contributed by atoms with Crippen LogP contribution in [-0.2, 0) is 48.1 Å². The fraction of sp³-hybridized carbons (Fsp3) is 0.938. The van der Waals surface area contributed by atoms with Crippen LogP contribution in [0.15, 0.2) is 0 Å². The molecule has 0 saturated carbocycles. The maximum atomic E-state index is 12.5. The van der Waals surface area contributed by atoms with Gasteiger partial charge in [0.25, 0.3) is 0 Å². The molecule has 0 heterocycles. The van der Waals surface area contributed by atoms with E-state index in [2.05, 4.69) is 27.7 Å². The first-order valence-corrected chi connectivity index (χ1v) is 32.0. The number of carboxylic acid groups (broad SMARTS) is 2. The van der Waals surface area contributed by atoms with Crippen LogP contribution < -0.4 is 10.2 Å². The number of esters is 2. The maximum absolute atomic E-state index is 12.5. The van der Waals surface area contributed by atoms with Crippen LogP contribution in [0.5, 0.6) is 0 Å². The third kappa shape index (κ3) is 66.6. The fourth-order valence-electron chi connectivity index (χ4n) is 9.88. The third-order valence-electron chi connectivity index (χ3n) is 14.6. The molecule has 0 spiro atoms. The van der Waals surface area contributed by atoms with Crippen molar-refractivity contribution in [2.45, 2.75) is 387 Å². The molecule has 0 aliphatic rings. The molecule has 0 fully saturated rings. The number of carbonyl (C=O) groups is 4. The van der Waals surface area contributed by atoms with Gasteiger partial charge >= 0.3 is 31.4 Å². The van der Waals surface area contributed by atoms with Gasteiger partial charge in [-0.3, -0.25) is 9.59 Å². The summed E-state index contributed by atoms with van der Waals surface area (Å²) in [6, 6.07) is 0. The van der Waals surface area contributed by atoms with Crippen molar-refractivity contribution in [3.63, 3.8) is 0 Å². The summed E-state index contributed by atoms with van der Waals surface area (Å²) < 4.78 is 11.8. The molecular formula is C64H122O8Zn. The average molecular weight is 1090 g/mol. The second-order valence-electron chi connectivity index (χ2n) is 22.0. The largest absolute Gasteiger partial charge is 2.00 e. The van der Waals surface area contributed by atoms with Crippen LogP contribution in [0.1, 0.15) is 374 Å². The van der Waals surface area contributed by atoms with E-state index in [1.807, 2.05) is 0 Å². The van der Waals surface area contributed by atoms with Crippen molar-refractivity contribution in [2.24, 2.45) is 0 Å². The Morgan fingerprint density at radius 1 is 0.260 bits per heavy atom.